The van der Waals surface area contributed by atoms with Gasteiger partial charge in [-0.05, 0) is 54.4 Å². The van der Waals surface area contributed by atoms with Gasteiger partial charge in [-0.3, -0.25) is 14.8 Å². The molecule has 126 valence electrons. The Morgan fingerprint density at radius 1 is 1.16 bits per heavy atom. The molecule has 0 aliphatic carbocycles. The number of hydrogen-bond donors (Lipinski definition) is 2. The van der Waals surface area contributed by atoms with Gasteiger partial charge in [0.25, 0.3) is 5.91 Å². The van der Waals surface area contributed by atoms with Crippen molar-refractivity contribution in [1.29, 1.82) is 0 Å². The summed E-state index contributed by atoms with van der Waals surface area (Å²) < 4.78 is 0. The zero-order valence-electron chi connectivity index (χ0n) is 13.7. The van der Waals surface area contributed by atoms with E-state index in [1.165, 1.54) is 0 Å². The first-order chi connectivity index (χ1) is 12.1. The zero-order chi connectivity index (χ0) is 17.6. The molecule has 25 heavy (non-hydrogen) atoms. The quantitative estimate of drug-likeness (QED) is 0.725. The fourth-order valence-electron chi connectivity index (χ4n) is 2.33. The van der Waals surface area contributed by atoms with Gasteiger partial charge >= 0.3 is 0 Å². The van der Waals surface area contributed by atoms with E-state index in [9.17, 15) is 4.79 Å². The van der Waals surface area contributed by atoms with E-state index < -0.39 is 0 Å². The number of pyridine rings is 2. The maximum Gasteiger partial charge on any atom is 0.270 e. The van der Waals surface area contributed by atoms with Crippen molar-refractivity contribution in [2.24, 2.45) is 0 Å². The molecule has 5 nitrogen and oxygen atoms in total. The molecule has 0 atom stereocenters. The average molecular weight is 353 g/mol. The van der Waals surface area contributed by atoms with Crippen LogP contribution in [-0.2, 0) is 6.54 Å². The lowest BCUT2D eigenvalue weighted by Crippen LogP contribution is -2.23. The lowest BCUT2D eigenvalue weighted by molar-refractivity contribution is 0.0946. The highest BCUT2D eigenvalue weighted by Crippen LogP contribution is 2.23. The Bertz CT molecular complexity index is 884. The van der Waals surface area contributed by atoms with Crippen LogP contribution in [0.25, 0.3) is 0 Å². The van der Waals surface area contributed by atoms with Gasteiger partial charge in [-0.25, -0.2) is 0 Å². The third-order valence-electron chi connectivity index (χ3n) is 3.64. The molecule has 0 bridgehead atoms. The van der Waals surface area contributed by atoms with Crippen molar-refractivity contribution in [3.63, 3.8) is 0 Å². The van der Waals surface area contributed by atoms with Gasteiger partial charge in [-0.2, -0.15) is 0 Å². The summed E-state index contributed by atoms with van der Waals surface area (Å²) in [6, 6.07) is 12.9. The second-order valence-electron chi connectivity index (χ2n) is 5.56. The monoisotopic (exact) mass is 352 g/mol. The molecule has 0 saturated heterocycles. The molecule has 6 heteroatoms. The average Bonchev–Trinajstić information content (AvgIpc) is 2.63. The van der Waals surface area contributed by atoms with E-state index in [0.717, 1.165) is 22.5 Å². The van der Waals surface area contributed by atoms with Crippen LogP contribution in [-0.4, -0.2) is 15.9 Å². The second-order valence-corrected chi connectivity index (χ2v) is 5.99. The third kappa shape index (κ3) is 4.55. The van der Waals surface area contributed by atoms with E-state index in [2.05, 4.69) is 20.6 Å². The summed E-state index contributed by atoms with van der Waals surface area (Å²) in [5.74, 6) is -0.236. The number of amides is 1. The van der Waals surface area contributed by atoms with Crippen LogP contribution in [0.3, 0.4) is 0 Å². The molecule has 3 rings (SSSR count). The number of rotatable bonds is 5. The molecule has 0 fully saturated rings. The fourth-order valence-corrected chi connectivity index (χ4v) is 2.56. The van der Waals surface area contributed by atoms with Crippen molar-refractivity contribution in [2.45, 2.75) is 13.5 Å². The fraction of sp³-hybridized carbons (Fsp3) is 0.105. The molecule has 2 aromatic heterocycles. The van der Waals surface area contributed by atoms with Crippen molar-refractivity contribution < 1.29 is 4.79 Å². The maximum atomic E-state index is 12.3. The van der Waals surface area contributed by atoms with Crippen LogP contribution < -0.4 is 10.6 Å². The highest BCUT2D eigenvalue weighted by molar-refractivity contribution is 6.30. The minimum absolute atomic E-state index is 0.236. The van der Waals surface area contributed by atoms with Crippen LogP contribution in [0.15, 0.2) is 61.1 Å². The minimum Gasteiger partial charge on any atom is -0.355 e. The lowest BCUT2D eigenvalue weighted by atomic mass is 10.2. The summed E-state index contributed by atoms with van der Waals surface area (Å²) in [7, 11) is 0. The van der Waals surface area contributed by atoms with E-state index >= 15 is 0 Å². The van der Waals surface area contributed by atoms with Gasteiger partial charge < -0.3 is 10.6 Å². The number of benzene rings is 1. The van der Waals surface area contributed by atoms with Gasteiger partial charge in [-0.15, -0.1) is 0 Å². The number of anilines is 2. The topological polar surface area (TPSA) is 66.9 Å². The molecule has 1 aromatic carbocycles. The molecule has 0 aliphatic rings. The molecule has 0 saturated carbocycles. The first-order valence-corrected chi connectivity index (χ1v) is 8.16. The van der Waals surface area contributed by atoms with Crippen molar-refractivity contribution in [3.8, 4) is 0 Å². The van der Waals surface area contributed by atoms with Crippen LogP contribution in [0.4, 0.5) is 11.4 Å². The maximum absolute atomic E-state index is 12.3. The van der Waals surface area contributed by atoms with Gasteiger partial charge in [0, 0.05) is 41.5 Å². The van der Waals surface area contributed by atoms with Crippen molar-refractivity contribution in [1.82, 2.24) is 15.3 Å². The minimum atomic E-state index is -0.236. The lowest BCUT2D eigenvalue weighted by Gasteiger charge is -2.11. The number of hydrogen-bond acceptors (Lipinski definition) is 4. The van der Waals surface area contributed by atoms with Gasteiger partial charge in [0.05, 0.1) is 0 Å². The summed E-state index contributed by atoms with van der Waals surface area (Å²) in [5.41, 5.74) is 4.01. The van der Waals surface area contributed by atoms with Crippen LogP contribution in [0.1, 0.15) is 21.6 Å². The van der Waals surface area contributed by atoms with Gasteiger partial charge in [0.1, 0.15) is 5.69 Å². The number of nitrogens with zero attached hydrogens (tertiary/aromatic N) is 2. The molecule has 2 N–H and O–H groups in total. The number of halogens is 1. The van der Waals surface area contributed by atoms with Gasteiger partial charge in [0.15, 0.2) is 0 Å². The third-order valence-corrected chi connectivity index (χ3v) is 3.87. The highest BCUT2D eigenvalue weighted by atomic mass is 35.5. The number of carbonyl (C=O) groups is 1. The molecule has 0 unspecified atom stereocenters. The summed E-state index contributed by atoms with van der Waals surface area (Å²) in [6.07, 6.45) is 5.02. The molecule has 0 aliphatic heterocycles. The largest absolute Gasteiger partial charge is 0.355 e. The van der Waals surface area contributed by atoms with E-state index in [1.807, 2.05) is 43.3 Å². The molecule has 3 aromatic rings. The van der Waals surface area contributed by atoms with Crippen molar-refractivity contribution >= 4 is 28.9 Å². The molecular formula is C19H17ClN4O. The molecular weight excluding hydrogens is 336 g/mol. The normalized spacial score (nSPS) is 10.3. The number of nitrogens with one attached hydrogen (secondary N) is 2. The van der Waals surface area contributed by atoms with Crippen LogP contribution in [0.5, 0.6) is 0 Å². The van der Waals surface area contributed by atoms with E-state index in [-0.39, 0.29) is 5.91 Å². The molecule has 0 spiro atoms. The Morgan fingerprint density at radius 2 is 2.04 bits per heavy atom. The van der Waals surface area contributed by atoms with E-state index in [4.69, 9.17) is 11.6 Å². The highest BCUT2D eigenvalue weighted by Gasteiger charge is 2.08. The summed E-state index contributed by atoms with van der Waals surface area (Å²) >= 11 is 5.98. The van der Waals surface area contributed by atoms with Crippen LogP contribution >= 0.6 is 11.6 Å². The molecule has 1 amide bonds. The number of carbonyl (C=O) groups excluding carboxylic acids is 1. The van der Waals surface area contributed by atoms with Gasteiger partial charge in [-0.1, -0.05) is 17.7 Å². The van der Waals surface area contributed by atoms with Crippen molar-refractivity contribution in [3.05, 3.63) is 82.9 Å². The zero-order valence-corrected chi connectivity index (χ0v) is 14.4. The van der Waals surface area contributed by atoms with Gasteiger partial charge in [0.2, 0.25) is 0 Å². The summed E-state index contributed by atoms with van der Waals surface area (Å²) in [6.45, 7) is 2.37. The molecule has 2 heterocycles. The first-order valence-electron chi connectivity index (χ1n) is 7.78. The van der Waals surface area contributed by atoms with Crippen LogP contribution in [0.2, 0.25) is 5.02 Å². The number of aromatic nitrogens is 2. The predicted octanol–water partition coefficient (Wildman–Crippen LogP) is 4.11. The second kappa shape index (κ2) is 7.77. The first kappa shape index (κ1) is 16.9. The van der Waals surface area contributed by atoms with Crippen LogP contribution in [0, 0.1) is 6.92 Å². The Hall–Kier alpha value is -2.92. The Labute approximate surface area is 151 Å². The Balaban J connectivity index is 1.69. The molecule has 0 radical (unpaired) electrons. The Morgan fingerprint density at radius 3 is 2.80 bits per heavy atom. The standard InChI is InChI=1S/C19H17ClN4O/c1-13-9-15(20)4-5-17(13)24-16-6-8-22-18(10-16)19(25)23-12-14-3-2-7-21-11-14/h2-11H,12H2,1H3,(H,22,24)(H,23,25). The van der Waals surface area contributed by atoms with E-state index in [0.29, 0.717) is 17.3 Å². The summed E-state index contributed by atoms with van der Waals surface area (Å²) in [5, 5.41) is 6.81. The summed E-state index contributed by atoms with van der Waals surface area (Å²) in [4.78, 5) is 20.5. The van der Waals surface area contributed by atoms with E-state index in [1.54, 1.807) is 24.7 Å². The smallest absolute Gasteiger partial charge is 0.270 e. The van der Waals surface area contributed by atoms with Crippen molar-refractivity contribution in [2.75, 3.05) is 5.32 Å². The predicted molar refractivity (Wildman–Crippen MR) is 99.1 cm³/mol. The Kier molecular flexibility index (Phi) is 5.26. The SMILES string of the molecule is Cc1cc(Cl)ccc1Nc1ccnc(C(=O)NCc2cccnc2)c1. The number of aryl methyl sites for hydroxylation is 1.